The van der Waals surface area contributed by atoms with Crippen LogP contribution in [-0.4, -0.2) is 36.0 Å². The summed E-state index contributed by atoms with van der Waals surface area (Å²) in [6.45, 7) is 2.35. The van der Waals surface area contributed by atoms with Gasteiger partial charge >= 0.3 is 5.97 Å². The molecule has 1 amide bonds. The molecule has 0 aliphatic heterocycles. The number of rotatable bonds is 9. The van der Waals surface area contributed by atoms with Crippen LogP contribution in [0.15, 0.2) is 24.3 Å². The molecule has 0 radical (unpaired) electrons. The fourth-order valence-corrected chi connectivity index (χ4v) is 3.17. The third-order valence-corrected chi connectivity index (χ3v) is 4.71. The van der Waals surface area contributed by atoms with E-state index in [1.165, 1.54) is 25.3 Å². The Hall–Kier alpha value is -2.64. The van der Waals surface area contributed by atoms with E-state index in [0.29, 0.717) is 18.2 Å². The monoisotopic (exact) mass is 377 g/mol. The minimum atomic E-state index is -0.854. The van der Waals surface area contributed by atoms with Crippen LogP contribution in [0.4, 0.5) is 11.4 Å². The highest BCUT2D eigenvalue weighted by molar-refractivity contribution is 5.83. The highest BCUT2D eigenvalue weighted by Crippen LogP contribution is 2.23. The molecule has 0 aromatic heterocycles. The third kappa shape index (κ3) is 6.88. The number of para-hydroxylation sites is 2. The number of ether oxygens (including phenoxy) is 1. The zero-order valence-electron chi connectivity index (χ0n) is 15.6. The van der Waals surface area contributed by atoms with Gasteiger partial charge in [-0.15, -0.1) is 0 Å². The molecule has 2 N–H and O–H groups in total. The van der Waals surface area contributed by atoms with Crippen molar-refractivity contribution in [1.82, 2.24) is 5.32 Å². The van der Waals surface area contributed by atoms with Crippen molar-refractivity contribution in [3.63, 3.8) is 0 Å². The molecule has 1 unspecified atom stereocenters. The van der Waals surface area contributed by atoms with Gasteiger partial charge in [-0.05, 0) is 31.7 Å². The number of nitrogens with zero attached hydrogens (tertiary/aromatic N) is 1. The van der Waals surface area contributed by atoms with E-state index in [-0.39, 0.29) is 24.6 Å². The number of carbonyl (C=O) groups is 2. The molecule has 0 bridgehead atoms. The molecule has 0 saturated heterocycles. The van der Waals surface area contributed by atoms with Crippen LogP contribution in [0, 0.1) is 16.0 Å². The van der Waals surface area contributed by atoms with E-state index in [9.17, 15) is 19.7 Å². The summed E-state index contributed by atoms with van der Waals surface area (Å²) in [5.41, 5.74) is 0.287. The van der Waals surface area contributed by atoms with E-state index in [4.69, 9.17) is 4.74 Å². The van der Waals surface area contributed by atoms with Crippen molar-refractivity contribution in [1.29, 1.82) is 0 Å². The molecular weight excluding hydrogens is 350 g/mol. The summed E-state index contributed by atoms with van der Waals surface area (Å²) < 4.78 is 5.14. The van der Waals surface area contributed by atoms with Crippen LogP contribution in [-0.2, 0) is 14.3 Å². The molecule has 0 heterocycles. The lowest BCUT2D eigenvalue weighted by Crippen LogP contribution is -2.38. The fourth-order valence-electron chi connectivity index (χ4n) is 3.17. The van der Waals surface area contributed by atoms with Crippen molar-refractivity contribution < 1.29 is 19.2 Å². The molecule has 148 valence electrons. The number of hydrogen-bond donors (Lipinski definition) is 2. The summed E-state index contributed by atoms with van der Waals surface area (Å²) in [5, 5.41) is 16.7. The molecule has 1 atom stereocenters. The number of esters is 1. The summed E-state index contributed by atoms with van der Waals surface area (Å²) in [4.78, 5) is 34.4. The standard InChI is InChI=1S/C19H27N3O5/c1-14(19(24)21-13-15-7-3-2-4-8-15)27-18(23)11-12-20-16-9-5-6-10-17(16)22(25)26/h5-6,9-10,14-15,20H,2-4,7-8,11-13H2,1H3,(H,21,24). The summed E-state index contributed by atoms with van der Waals surface area (Å²) in [5.74, 6) is -0.307. The number of nitro groups is 1. The van der Waals surface area contributed by atoms with Gasteiger partial charge in [0.2, 0.25) is 0 Å². The first kappa shape index (κ1) is 20.7. The number of hydrogen-bond acceptors (Lipinski definition) is 6. The lowest BCUT2D eigenvalue weighted by molar-refractivity contribution is -0.384. The first-order valence-electron chi connectivity index (χ1n) is 9.42. The van der Waals surface area contributed by atoms with E-state index >= 15 is 0 Å². The second-order valence-corrected chi connectivity index (χ2v) is 6.83. The van der Waals surface area contributed by atoms with Gasteiger partial charge in [-0.2, -0.15) is 0 Å². The van der Waals surface area contributed by atoms with Gasteiger partial charge in [-0.1, -0.05) is 31.4 Å². The summed E-state index contributed by atoms with van der Waals surface area (Å²) in [6.07, 6.45) is 5.09. The number of anilines is 1. The lowest BCUT2D eigenvalue weighted by Gasteiger charge is -2.22. The van der Waals surface area contributed by atoms with Gasteiger partial charge in [0, 0.05) is 19.2 Å². The molecule has 1 fully saturated rings. The van der Waals surface area contributed by atoms with Gasteiger partial charge in [0.15, 0.2) is 6.10 Å². The smallest absolute Gasteiger partial charge is 0.308 e. The molecule has 1 saturated carbocycles. The average Bonchev–Trinajstić information content (AvgIpc) is 2.67. The van der Waals surface area contributed by atoms with Crippen molar-refractivity contribution in [2.24, 2.45) is 5.92 Å². The van der Waals surface area contributed by atoms with Gasteiger partial charge in [-0.25, -0.2) is 0 Å². The quantitative estimate of drug-likeness (QED) is 0.389. The third-order valence-electron chi connectivity index (χ3n) is 4.71. The maximum absolute atomic E-state index is 12.1. The molecule has 8 nitrogen and oxygen atoms in total. The second kappa shape index (κ2) is 10.5. The minimum absolute atomic E-state index is 0.00624. The predicted molar refractivity (Wildman–Crippen MR) is 101 cm³/mol. The number of nitro benzene ring substituents is 1. The second-order valence-electron chi connectivity index (χ2n) is 6.83. The Labute approximate surface area is 158 Å². The maximum Gasteiger partial charge on any atom is 0.308 e. The molecule has 1 aromatic rings. The Morgan fingerprint density at radius 2 is 1.96 bits per heavy atom. The highest BCUT2D eigenvalue weighted by Gasteiger charge is 2.20. The van der Waals surface area contributed by atoms with Gasteiger partial charge in [-0.3, -0.25) is 19.7 Å². The molecule has 1 aliphatic rings. The lowest BCUT2D eigenvalue weighted by atomic mass is 9.89. The van der Waals surface area contributed by atoms with Gasteiger partial charge < -0.3 is 15.4 Å². The topological polar surface area (TPSA) is 111 Å². The Morgan fingerprint density at radius 1 is 1.26 bits per heavy atom. The summed E-state index contributed by atoms with van der Waals surface area (Å²) in [7, 11) is 0. The first-order chi connectivity index (χ1) is 13.0. The normalized spacial score (nSPS) is 15.6. The van der Waals surface area contributed by atoms with E-state index < -0.39 is 17.0 Å². The van der Waals surface area contributed by atoms with Crippen molar-refractivity contribution >= 4 is 23.3 Å². The Balaban J connectivity index is 1.68. The van der Waals surface area contributed by atoms with Crippen LogP contribution in [0.25, 0.3) is 0 Å². The molecule has 2 rings (SSSR count). The van der Waals surface area contributed by atoms with Crippen LogP contribution < -0.4 is 10.6 Å². The van der Waals surface area contributed by atoms with Crippen LogP contribution in [0.2, 0.25) is 0 Å². The zero-order valence-corrected chi connectivity index (χ0v) is 15.6. The fraction of sp³-hybridized carbons (Fsp3) is 0.579. The van der Waals surface area contributed by atoms with Crippen LogP contribution in [0.5, 0.6) is 0 Å². The van der Waals surface area contributed by atoms with Gasteiger partial charge in [0.1, 0.15) is 5.69 Å². The SMILES string of the molecule is CC(OC(=O)CCNc1ccccc1[N+](=O)[O-])C(=O)NCC1CCCCC1. The van der Waals surface area contributed by atoms with E-state index in [2.05, 4.69) is 10.6 Å². The van der Waals surface area contributed by atoms with E-state index in [1.807, 2.05) is 0 Å². The number of amides is 1. The molecular formula is C19H27N3O5. The Morgan fingerprint density at radius 3 is 2.67 bits per heavy atom. The average molecular weight is 377 g/mol. The number of benzene rings is 1. The van der Waals surface area contributed by atoms with Crippen LogP contribution in [0.1, 0.15) is 45.4 Å². The molecule has 8 heteroatoms. The largest absolute Gasteiger partial charge is 0.452 e. The van der Waals surface area contributed by atoms with Crippen LogP contribution in [0.3, 0.4) is 0 Å². The number of carbonyl (C=O) groups excluding carboxylic acids is 2. The van der Waals surface area contributed by atoms with Gasteiger partial charge in [0.25, 0.3) is 11.6 Å². The summed E-state index contributed by atoms with van der Waals surface area (Å²) >= 11 is 0. The van der Waals surface area contributed by atoms with Gasteiger partial charge in [0.05, 0.1) is 11.3 Å². The van der Waals surface area contributed by atoms with Crippen LogP contribution >= 0.6 is 0 Å². The van der Waals surface area contributed by atoms with Crippen molar-refractivity contribution in [3.8, 4) is 0 Å². The zero-order chi connectivity index (χ0) is 19.6. The maximum atomic E-state index is 12.1. The first-order valence-corrected chi connectivity index (χ1v) is 9.42. The number of nitrogens with one attached hydrogen (secondary N) is 2. The van der Waals surface area contributed by atoms with Crippen molar-refractivity contribution in [2.75, 3.05) is 18.4 Å². The molecule has 27 heavy (non-hydrogen) atoms. The molecule has 1 aliphatic carbocycles. The minimum Gasteiger partial charge on any atom is -0.452 e. The molecule has 0 spiro atoms. The van der Waals surface area contributed by atoms with Crippen molar-refractivity contribution in [2.45, 2.75) is 51.6 Å². The van der Waals surface area contributed by atoms with Crippen molar-refractivity contribution in [3.05, 3.63) is 34.4 Å². The Bertz CT molecular complexity index is 659. The Kier molecular flexibility index (Phi) is 8.03. The molecule has 1 aromatic carbocycles. The summed E-state index contributed by atoms with van der Waals surface area (Å²) in [6, 6.07) is 6.21. The predicted octanol–water partition coefficient (Wildman–Crippen LogP) is 3.03. The van der Waals surface area contributed by atoms with E-state index in [1.54, 1.807) is 25.1 Å². The highest BCUT2D eigenvalue weighted by atomic mass is 16.6. The van der Waals surface area contributed by atoms with E-state index in [0.717, 1.165) is 12.8 Å².